The van der Waals surface area contributed by atoms with Crippen molar-refractivity contribution in [3.63, 3.8) is 0 Å². The SMILES string of the molecule is O=C(CCc1csc2nc(-c3ccccc3)cn12)NC1CCCC1. The molecule has 0 atom stereocenters. The second kappa shape index (κ2) is 6.77. The molecule has 1 N–H and O–H groups in total. The minimum Gasteiger partial charge on any atom is -0.353 e. The normalized spacial score (nSPS) is 15.2. The molecule has 3 aromatic rings. The largest absolute Gasteiger partial charge is 0.353 e. The molecule has 1 saturated carbocycles. The first-order valence-corrected chi connectivity index (χ1v) is 9.48. The summed E-state index contributed by atoms with van der Waals surface area (Å²) < 4.78 is 2.12. The number of benzene rings is 1. The van der Waals surface area contributed by atoms with Crippen LogP contribution in [0.15, 0.2) is 41.9 Å². The monoisotopic (exact) mass is 339 g/mol. The van der Waals surface area contributed by atoms with Gasteiger partial charge in [-0.1, -0.05) is 43.2 Å². The van der Waals surface area contributed by atoms with Gasteiger partial charge < -0.3 is 5.32 Å². The van der Waals surface area contributed by atoms with Gasteiger partial charge in [0.25, 0.3) is 0 Å². The van der Waals surface area contributed by atoms with Crippen molar-refractivity contribution in [2.75, 3.05) is 0 Å². The van der Waals surface area contributed by atoms with E-state index in [4.69, 9.17) is 4.98 Å². The molecule has 1 aromatic carbocycles. The van der Waals surface area contributed by atoms with E-state index in [1.165, 1.54) is 12.8 Å². The molecule has 0 unspecified atom stereocenters. The quantitative estimate of drug-likeness (QED) is 0.762. The van der Waals surface area contributed by atoms with Crippen LogP contribution in [0.3, 0.4) is 0 Å². The van der Waals surface area contributed by atoms with E-state index in [0.29, 0.717) is 12.5 Å². The van der Waals surface area contributed by atoms with Crippen molar-refractivity contribution in [3.05, 3.63) is 47.6 Å². The van der Waals surface area contributed by atoms with Crippen molar-refractivity contribution in [2.45, 2.75) is 44.6 Å². The summed E-state index contributed by atoms with van der Waals surface area (Å²) in [6, 6.07) is 10.6. The Morgan fingerprint density at radius 1 is 1.25 bits per heavy atom. The van der Waals surface area contributed by atoms with E-state index in [1.807, 2.05) is 18.2 Å². The van der Waals surface area contributed by atoms with Gasteiger partial charge in [-0.3, -0.25) is 9.20 Å². The highest BCUT2D eigenvalue weighted by Crippen LogP contribution is 2.24. The lowest BCUT2D eigenvalue weighted by atomic mass is 10.2. The van der Waals surface area contributed by atoms with Crippen LogP contribution in [0.2, 0.25) is 0 Å². The average molecular weight is 339 g/mol. The number of thiazole rings is 1. The number of aryl methyl sites for hydroxylation is 1. The topological polar surface area (TPSA) is 46.4 Å². The maximum Gasteiger partial charge on any atom is 0.220 e. The molecule has 5 heteroatoms. The zero-order valence-corrected chi connectivity index (χ0v) is 14.4. The summed E-state index contributed by atoms with van der Waals surface area (Å²) in [5, 5.41) is 5.27. The van der Waals surface area contributed by atoms with Gasteiger partial charge in [0.2, 0.25) is 5.91 Å². The molecule has 2 aromatic heterocycles. The van der Waals surface area contributed by atoms with Crippen LogP contribution in [0, 0.1) is 0 Å². The van der Waals surface area contributed by atoms with Crippen molar-refractivity contribution in [1.82, 2.24) is 14.7 Å². The Morgan fingerprint density at radius 2 is 2.04 bits per heavy atom. The van der Waals surface area contributed by atoms with E-state index in [-0.39, 0.29) is 5.91 Å². The van der Waals surface area contributed by atoms with Crippen molar-refractivity contribution >= 4 is 22.2 Å². The molecule has 1 amide bonds. The van der Waals surface area contributed by atoms with Crippen LogP contribution in [0.1, 0.15) is 37.8 Å². The van der Waals surface area contributed by atoms with Gasteiger partial charge in [0.15, 0.2) is 4.96 Å². The molecule has 24 heavy (non-hydrogen) atoms. The highest BCUT2D eigenvalue weighted by molar-refractivity contribution is 7.15. The predicted octanol–water partition coefficient (Wildman–Crippen LogP) is 4.05. The average Bonchev–Trinajstić information content (AvgIpc) is 3.31. The van der Waals surface area contributed by atoms with E-state index in [9.17, 15) is 4.79 Å². The number of rotatable bonds is 5. The Bertz CT molecular complexity index is 831. The minimum atomic E-state index is 0.171. The van der Waals surface area contributed by atoms with Gasteiger partial charge in [-0.2, -0.15) is 0 Å². The number of aromatic nitrogens is 2. The molecule has 124 valence electrons. The van der Waals surface area contributed by atoms with E-state index < -0.39 is 0 Å². The molecule has 1 fully saturated rings. The van der Waals surface area contributed by atoms with Crippen LogP contribution in [-0.4, -0.2) is 21.3 Å². The first kappa shape index (κ1) is 15.4. The van der Waals surface area contributed by atoms with Crippen molar-refractivity contribution in [2.24, 2.45) is 0 Å². The summed E-state index contributed by atoms with van der Waals surface area (Å²) >= 11 is 1.63. The zero-order chi connectivity index (χ0) is 16.4. The predicted molar refractivity (Wildman–Crippen MR) is 97.2 cm³/mol. The lowest BCUT2D eigenvalue weighted by molar-refractivity contribution is -0.121. The zero-order valence-electron chi connectivity index (χ0n) is 13.6. The molecule has 0 bridgehead atoms. The Balaban J connectivity index is 1.44. The molecule has 1 aliphatic carbocycles. The Labute approximate surface area is 145 Å². The summed E-state index contributed by atoms with van der Waals surface area (Å²) in [4.78, 5) is 17.8. The van der Waals surface area contributed by atoms with Crippen LogP contribution < -0.4 is 5.32 Å². The number of fused-ring (bicyclic) bond motifs is 1. The van der Waals surface area contributed by atoms with E-state index in [2.05, 4.69) is 33.4 Å². The Kier molecular flexibility index (Phi) is 4.34. The number of nitrogens with zero attached hydrogens (tertiary/aromatic N) is 2. The van der Waals surface area contributed by atoms with Gasteiger partial charge in [-0.05, 0) is 19.3 Å². The molecule has 0 aliphatic heterocycles. The van der Waals surface area contributed by atoms with Crippen LogP contribution in [0.5, 0.6) is 0 Å². The molecule has 1 aliphatic rings. The van der Waals surface area contributed by atoms with Crippen molar-refractivity contribution in [1.29, 1.82) is 0 Å². The van der Waals surface area contributed by atoms with Gasteiger partial charge in [0.1, 0.15) is 0 Å². The third-order valence-corrected chi connectivity index (χ3v) is 5.57. The smallest absolute Gasteiger partial charge is 0.220 e. The first-order chi connectivity index (χ1) is 11.8. The molecule has 4 rings (SSSR count). The summed E-state index contributed by atoms with van der Waals surface area (Å²) in [6.45, 7) is 0. The molecule has 0 saturated heterocycles. The van der Waals surface area contributed by atoms with Crippen molar-refractivity contribution < 1.29 is 4.79 Å². The van der Waals surface area contributed by atoms with Gasteiger partial charge in [-0.15, -0.1) is 11.3 Å². The Morgan fingerprint density at radius 3 is 2.83 bits per heavy atom. The first-order valence-electron chi connectivity index (χ1n) is 8.60. The summed E-state index contributed by atoms with van der Waals surface area (Å²) in [6.07, 6.45) is 8.13. The maximum atomic E-state index is 12.1. The number of carbonyl (C=O) groups excluding carboxylic acids is 1. The van der Waals surface area contributed by atoms with E-state index in [1.54, 1.807) is 11.3 Å². The lowest BCUT2D eigenvalue weighted by Crippen LogP contribution is -2.32. The lowest BCUT2D eigenvalue weighted by Gasteiger charge is -2.11. The Hall–Kier alpha value is -2.14. The maximum absolute atomic E-state index is 12.1. The number of hydrogen-bond donors (Lipinski definition) is 1. The third-order valence-electron chi connectivity index (χ3n) is 4.68. The van der Waals surface area contributed by atoms with E-state index >= 15 is 0 Å². The van der Waals surface area contributed by atoms with E-state index in [0.717, 1.165) is 41.2 Å². The minimum absolute atomic E-state index is 0.171. The molecular formula is C19H21N3OS. The summed E-state index contributed by atoms with van der Waals surface area (Å²) in [5.41, 5.74) is 3.27. The second-order valence-electron chi connectivity index (χ2n) is 6.42. The molecular weight excluding hydrogens is 318 g/mol. The fourth-order valence-corrected chi connectivity index (χ4v) is 4.28. The van der Waals surface area contributed by atoms with Gasteiger partial charge in [0.05, 0.1) is 5.69 Å². The van der Waals surface area contributed by atoms with Crippen LogP contribution in [0.25, 0.3) is 16.2 Å². The molecule has 2 heterocycles. The van der Waals surface area contributed by atoms with Gasteiger partial charge in [0, 0.05) is 35.3 Å². The van der Waals surface area contributed by atoms with Crippen LogP contribution in [0.4, 0.5) is 0 Å². The fraction of sp³-hybridized carbons (Fsp3) is 0.368. The number of nitrogens with one attached hydrogen (secondary N) is 1. The third kappa shape index (κ3) is 3.22. The highest BCUT2D eigenvalue weighted by atomic mass is 32.1. The second-order valence-corrected chi connectivity index (χ2v) is 7.26. The fourth-order valence-electron chi connectivity index (χ4n) is 3.37. The number of amides is 1. The van der Waals surface area contributed by atoms with Gasteiger partial charge in [-0.25, -0.2) is 4.98 Å². The summed E-state index contributed by atoms with van der Waals surface area (Å²) in [7, 11) is 0. The van der Waals surface area contributed by atoms with Crippen molar-refractivity contribution in [3.8, 4) is 11.3 Å². The standard InChI is InChI=1S/C19H21N3OS/c23-18(20-15-8-4-5-9-15)11-10-16-13-24-19-21-17(12-22(16)19)14-6-2-1-3-7-14/h1-3,6-7,12-13,15H,4-5,8-11H2,(H,20,23). The number of imidazole rings is 1. The number of carbonyl (C=O) groups is 1. The highest BCUT2D eigenvalue weighted by Gasteiger charge is 2.17. The van der Waals surface area contributed by atoms with Crippen LogP contribution in [-0.2, 0) is 11.2 Å². The van der Waals surface area contributed by atoms with Gasteiger partial charge >= 0.3 is 0 Å². The molecule has 0 radical (unpaired) electrons. The number of hydrogen-bond acceptors (Lipinski definition) is 3. The molecule has 0 spiro atoms. The summed E-state index contributed by atoms with van der Waals surface area (Å²) in [5.74, 6) is 0.171. The van der Waals surface area contributed by atoms with Crippen LogP contribution >= 0.6 is 11.3 Å². The molecule has 4 nitrogen and oxygen atoms in total.